The van der Waals surface area contributed by atoms with Crippen LogP contribution in [0.3, 0.4) is 0 Å². The zero-order valence-electron chi connectivity index (χ0n) is 13.7. The summed E-state index contributed by atoms with van der Waals surface area (Å²) in [6.07, 6.45) is 3.24. The van der Waals surface area contributed by atoms with Gasteiger partial charge in [0, 0.05) is 45.7 Å². The number of allylic oxidation sites excluding steroid dienone is 3. The summed E-state index contributed by atoms with van der Waals surface area (Å²) in [5, 5.41) is 9.32. The van der Waals surface area contributed by atoms with Gasteiger partial charge in [0.05, 0.1) is 11.8 Å². The maximum absolute atomic E-state index is 13.3. The van der Waals surface area contributed by atoms with E-state index in [2.05, 4.69) is 11.1 Å². The van der Waals surface area contributed by atoms with E-state index < -0.39 is 0 Å². The van der Waals surface area contributed by atoms with Gasteiger partial charge in [-0.05, 0) is 17.2 Å². The first kappa shape index (κ1) is 14.6. The van der Waals surface area contributed by atoms with E-state index in [9.17, 15) is 10.1 Å². The molecule has 1 heterocycles. The highest BCUT2D eigenvalue weighted by Crippen LogP contribution is 2.49. The average Bonchev–Trinajstić information content (AvgIpc) is 3.15. The van der Waals surface area contributed by atoms with Gasteiger partial charge >= 0.3 is 0 Å². The van der Waals surface area contributed by atoms with Crippen molar-refractivity contribution in [2.45, 2.75) is 0 Å². The second-order valence-electron chi connectivity index (χ2n) is 6.26. The van der Waals surface area contributed by atoms with E-state index in [0.717, 1.165) is 33.5 Å². The normalized spacial score (nSPS) is 18.4. The molecule has 5 rings (SSSR count). The SMILES string of the molecule is N#CC=C1/C(=C2\c3ccccc3-c3ncccc32)C(=O)c2ccccc21. The van der Waals surface area contributed by atoms with Crippen LogP contribution in [0, 0.1) is 11.3 Å². The number of Topliss-reactive ketones (excluding diaryl/α,β-unsaturated/α-hetero) is 1. The Balaban J connectivity index is 1.93. The number of nitrogens with zero attached hydrogens (tertiary/aromatic N) is 2. The third-order valence-corrected chi connectivity index (χ3v) is 4.95. The minimum atomic E-state index is -0.0383. The monoisotopic (exact) mass is 332 g/mol. The molecule has 0 saturated heterocycles. The van der Waals surface area contributed by atoms with Crippen LogP contribution >= 0.6 is 0 Å². The quantitative estimate of drug-likeness (QED) is 0.347. The van der Waals surface area contributed by atoms with Crippen molar-refractivity contribution >= 4 is 16.9 Å². The molecule has 2 aromatic carbocycles. The number of pyridine rings is 1. The van der Waals surface area contributed by atoms with Gasteiger partial charge in [-0.25, -0.2) is 0 Å². The van der Waals surface area contributed by atoms with Gasteiger partial charge in [0.25, 0.3) is 0 Å². The molecule has 0 fully saturated rings. The van der Waals surface area contributed by atoms with E-state index in [0.29, 0.717) is 16.7 Å². The van der Waals surface area contributed by atoms with Crippen LogP contribution in [-0.2, 0) is 0 Å². The Morgan fingerprint density at radius 3 is 2.19 bits per heavy atom. The van der Waals surface area contributed by atoms with Crippen LogP contribution in [0.1, 0.15) is 27.0 Å². The van der Waals surface area contributed by atoms with Gasteiger partial charge in [-0.3, -0.25) is 9.78 Å². The van der Waals surface area contributed by atoms with Gasteiger partial charge < -0.3 is 0 Å². The van der Waals surface area contributed by atoms with E-state index in [1.807, 2.05) is 60.7 Å². The zero-order valence-corrected chi connectivity index (χ0v) is 13.7. The molecule has 0 bridgehead atoms. The molecule has 0 amide bonds. The number of hydrogen-bond acceptors (Lipinski definition) is 3. The molecule has 0 aliphatic heterocycles. The van der Waals surface area contributed by atoms with Crippen LogP contribution in [0.5, 0.6) is 0 Å². The second-order valence-corrected chi connectivity index (χ2v) is 6.26. The number of carbonyl (C=O) groups is 1. The molecular weight excluding hydrogens is 320 g/mol. The number of aromatic nitrogens is 1. The maximum Gasteiger partial charge on any atom is 0.194 e. The third-order valence-electron chi connectivity index (χ3n) is 4.95. The van der Waals surface area contributed by atoms with E-state index in [1.54, 1.807) is 6.20 Å². The molecule has 1 aromatic heterocycles. The van der Waals surface area contributed by atoms with Crippen LogP contribution in [-0.4, -0.2) is 10.8 Å². The van der Waals surface area contributed by atoms with Crippen molar-refractivity contribution in [1.82, 2.24) is 4.98 Å². The second kappa shape index (κ2) is 5.37. The summed E-state index contributed by atoms with van der Waals surface area (Å²) in [5.74, 6) is -0.0383. The van der Waals surface area contributed by atoms with Gasteiger partial charge in [0.2, 0.25) is 0 Å². The molecule has 3 aromatic rings. The summed E-state index contributed by atoms with van der Waals surface area (Å²) in [6.45, 7) is 0. The van der Waals surface area contributed by atoms with Gasteiger partial charge in [-0.2, -0.15) is 5.26 Å². The van der Waals surface area contributed by atoms with Crippen molar-refractivity contribution in [3.8, 4) is 17.3 Å². The van der Waals surface area contributed by atoms with Crippen molar-refractivity contribution in [3.05, 3.63) is 101 Å². The van der Waals surface area contributed by atoms with E-state index in [4.69, 9.17) is 0 Å². The fourth-order valence-electron chi connectivity index (χ4n) is 3.91. The van der Waals surface area contributed by atoms with E-state index >= 15 is 0 Å². The lowest BCUT2D eigenvalue weighted by Crippen LogP contribution is -1.99. The first-order valence-electron chi connectivity index (χ1n) is 8.35. The molecular formula is C23H12N2O. The molecule has 0 spiro atoms. The van der Waals surface area contributed by atoms with Crippen molar-refractivity contribution in [2.24, 2.45) is 0 Å². The predicted octanol–water partition coefficient (Wildman–Crippen LogP) is 4.67. The van der Waals surface area contributed by atoms with Crippen molar-refractivity contribution in [2.75, 3.05) is 0 Å². The van der Waals surface area contributed by atoms with Crippen LogP contribution in [0.25, 0.3) is 22.4 Å². The number of nitriles is 1. The number of hydrogen-bond donors (Lipinski definition) is 0. The standard InChI is InChI=1S/C23H12N2O/c24-12-11-16-14-6-1-4-9-18(14)23(26)21(16)20-15-7-2-3-8-17(15)22-19(20)10-5-13-25-22/h1-11,13H/b16-11?,21-20-. The highest BCUT2D eigenvalue weighted by molar-refractivity contribution is 6.32. The molecule has 0 saturated carbocycles. The topological polar surface area (TPSA) is 53.8 Å². The molecule has 3 nitrogen and oxygen atoms in total. The molecule has 120 valence electrons. The Morgan fingerprint density at radius 2 is 1.42 bits per heavy atom. The van der Waals surface area contributed by atoms with Crippen molar-refractivity contribution in [3.63, 3.8) is 0 Å². The van der Waals surface area contributed by atoms with Gasteiger partial charge in [-0.15, -0.1) is 0 Å². The van der Waals surface area contributed by atoms with E-state index in [1.165, 1.54) is 6.08 Å². The summed E-state index contributed by atoms with van der Waals surface area (Å²) in [5.41, 5.74) is 7.43. The predicted molar refractivity (Wildman–Crippen MR) is 100 cm³/mol. The smallest absolute Gasteiger partial charge is 0.194 e. The minimum absolute atomic E-state index is 0.0383. The van der Waals surface area contributed by atoms with Gasteiger partial charge in [-0.1, -0.05) is 54.6 Å². The first-order valence-corrected chi connectivity index (χ1v) is 8.35. The largest absolute Gasteiger partial charge is 0.289 e. The summed E-state index contributed by atoms with van der Waals surface area (Å²) in [4.78, 5) is 17.8. The summed E-state index contributed by atoms with van der Waals surface area (Å²) >= 11 is 0. The first-order chi connectivity index (χ1) is 12.8. The molecule has 2 aliphatic rings. The fraction of sp³-hybridized carbons (Fsp3) is 0. The number of rotatable bonds is 0. The molecule has 3 heteroatoms. The molecule has 0 atom stereocenters. The zero-order chi connectivity index (χ0) is 17.7. The highest BCUT2D eigenvalue weighted by atomic mass is 16.1. The highest BCUT2D eigenvalue weighted by Gasteiger charge is 2.36. The van der Waals surface area contributed by atoms with Crippen LogP contribution in [0.4, 0.5) is 0 Å². The number of carbonyl (C=O) groups excluding carboxylic acids is 1. The molecule has 0 N–H and O–H groups in total. The summed E-state index contributed by atoms with van der Waals surface area (Å²) < 4.78 is 0. The van der Waals surface area contributed by atoms with Crippen LogP contribution < -0.4 is 0 Å². The third kappa shape index (κ3) is 1.81. The fourth-order valence-corrected chi connectivity index (χ4v) is 3.91. The Labute approximate surface area is 150 Å². The lowest BCUT2D eigenvalue weighted by molar-refractivity contribution is 0.104. The van der Waals surface area contributed by atoms with Crippen molar-refractivity contribution < 1.29 is 4.79 Å². The number of benzene rings is 2. The van der Waals surface area contributed by atoms with Gasteiger partial charge in [0.1, 0.15) is 0 Å². The molecule has 26 heavy (non-hydrogen) atoms. The summed E-state index contributed by atoms with van der Waals surface area (Å²) in [7, 11) is 0. The van der Waals surface area contributed by atoms with E-state index in [-0.39, 0.29) is 5.78 Å². The number of ketones is 1. The lowest BCUT2D eigenvalue weighted by Gasteiger charge is -2.08. The lowest BCUT2D eigenvalue weighted by atomic mass is 9.93. The Kier molecular flexibility index (Phi) is 3.01. The number of fused-ring (bicyclic) bond motifs is 4. The molecule has 0 radical (unpaired) electrons. The van der Waals surface area contributed by atoms with Crippen LogP contribution in [0.15, 0.2) is 78.5 Å². The van der Waals surface area contributed by atoms with Crippen LogP contribution in [0.2, 0.25) is 0 Å². The van der Waals surface area contributed by atoms with Crippen molar-refractivity contribution in [1.29, 1.82) is 5.26 Å². The Hall–Kier alpha value is -3.77. The average molecular weight is 332 g/mol. The maximum atomic E-state index is 13.3. The molecule has 0 unspecified atom stereocenters. The molecule has 2 aliphatic carbocycles. The Bertz CT molecular complexity index is 1160. The Morgan fingerprint density at radius 1 is 0.769 bits per heavy atom. The minimum Gasteiger partial charge on any atom is -0.289 e. The summed E-state index contributed by atoms with van der Waals surface area (Å²) in [6, 6.07) is 21.4. The van der Waals surface area contributed by atoms with Gasteiger partial charge in [0.15, 0.2) is 5.78 Å².